The van der Waals surface area contributed by atoms with E-state index >= 15 is 0 Å². The molecule has 0 spiro atoms. The number of benzene rings is 2. The number of halogens is 1. The van der Waals surface area contributed by atoms with E-state index in [1.807, 2.05) is 0 Å². The number of primary amides is 1. The van der Waals surface area contributed by atoms with Crippen molar-refractivity contribution >= 4 is 12.0 Å². The van der Waals surface area contributed by atoms with Gasteiger partial charge >= 0.3 is 6.09 Å². The van der Waals surface area contributed by atoms with Crippen LogP contribution in [0, 0.1) is 5.82 Å². The molecule has 9 heteroatoms. The zero-order chi connectivity index (χ0) is 26.0. The summed E-state index contributed by atoms with van der Waals surface area (Å²) in [5.74, 6) is -0.320. The normalized spacial score (nSPS) is 24.2. The smallest absolute Gasteiger partial charge is 0.493 e. The molecule has 35 heavy (non-hydrogen) atoms. The van der Waals surface area contributed by atoms with Gasteiger partial charge in [0.25, 0.3) is 5.91 Å². The summed E-state index contributed by atoms with van der Waals surface area (Å²) in [6.45, 7) is 5.24. The van der Waals surface area contributed by atoms with Gasteiger partial charge in [-0.3, -0.25) is 4.79 Å². The van der Waals surface area contributed by atoms with Crippen LogP contribution < -0.4 is 15.2 Å². The Morgan fingerprint density at radius 1 is 1.17 bits per heavy atom. The first-order valence-electron chi connectivity index (χ1n) is 11.4. The van der Waals surface area contributed by atoms with Crippen molar-refractivity contribution in [2.75, 3.05) is 20.8 Å². The molecule has 3 atom stereocenters. The Morgan fingerprint density at radius 2 is 1.86 bits per heavy atom. The summed E-state index contributed by atoms with van der Waals surface area (Å²) in [6.07, 6.45) is -0.512. The van der Waals surface area contributed by atoms with Crippen LogP contribution in [0.4, 0.5) is 9.18 Å². The molecule has 8 nitrogen and oxygen atoms in total. The molecule has 1 saturated heterocycles. The van der Waals surface area contributed by atoms with Crippen LogP contribution in [-0.4, -0.2) is 53.5 Å². The molecule has 0 radical (unpaired) electrons. The number of methoxy groups -OCH3 is 2. The Labute approximate surface area is 205 Å². The number of hydrogen-bond acceptors (Lipinski definition) is 5. The molecule has 0 bridgehead atoms. The predicted octanol–water partition coefficient (Wildman–Crippen LogP) is 4.41. The Balaban J connectivity index is 2.08. The number of nitrogens with zero attached hydrogens (tertiary/aromatic N) is 1. The van der Waals surface area contributed by atoms with Crippen LogP contribution in [0.5, 0.6) is 11.5 Å². The number of amides is 2. The van der Waals surface area contributed by atoms with Crippen LogP contribution in [0.1, 0.15) is 50.8 Å². The van der Waals surface area contributed by atoms with Crippen molar-refractivity contribution < 1.29 is 37.8 Å². The molecule has 3 N–H and O–H groups in total. The average molecular weight is 490 g/mol. The lowest BCUT2D eigenvalue weighted by Gasteiger charge is -2.53. The summed E-state index contributed by atoms with van der Waals surface area (Å²) in [6, 6.07) is 10.9. The minimum Gasteiger partial charge on any atom is -0.493 e. The highest BCUT2D eigenvalue weighted by molar-refractivity contribution is 5.86. The first-order valence-corrected chi connectivity index (χ1v) is 11.4. The molecule has 2 amide bonds. The van der Waals surface area contributed by atoms with E-state index in [1.165, 1.54) is 20.3 Å². The Hall–Kier alpha value is -3.17. The molecule has 2 aromatic carbocycles. The lowest BCUT2D eigenvalue weighted by atomic mass is 9.86. The Bertz CT molecular complexity index is 1100. The topological polar surface area (TPSA) is 108 Å². The maximum Gasteiger partial charge on any atom is 0.515 e. The molecule has 3 rings (SSSR count). The van der Waals surface area contributed by atoms with Gasteiger partial charge in [-0.1, -0.05) is 18.2 Å². The first-order chi connectivity index (χ1) is 16.5. The fourth-order valence-corrected chi connectivity index (χ4v) is 5.71. The number of quaternary nitrogens is 1. The summed E-state index contributed by atoms with van der Waals surface area (Å²) in [4.78, 5) is 25.9. The van der Waals surface area contributed by atoms with E-state index in [-0.39, 0.29) is 25.5 Å². The second kappa shape index (κ2) is 9.83. The summed E-state index contributed by atoms with van der Waals surface area (Å²) < 4.78 is 30.1. The van der Waals surface area contributed by atoms with E-state index in [0.717, 1.165) is 0 Å². The zero-order valence-electron chi connectivity index (χ0n) is 20.8. The van der Waals surface area contributed by atoms with Gasteiger partial charge in [0, 0.05) is 31.1 Å². The van der Waals surface area contributed by atoms with Crippen LogP contribution in [0.15, 0.2) is 42.5 Å². The molecule has 0 aromatic heterocycles. The number of hydrogen-bond donors (Lipinski definition) is 2. The van der Waals surface area contributed by atoms with Gasteiger partial charge in [-0.15, -0.1) is 0 Å². The van der Waals surface area contributed by atoms with Crippen molar-refractivity contribution in [3.05, 3.63) is 59.4 Å². The van der Waals surface area contributed by atoms with Crippen LogP contribution >= 0.6 is 0 Å². The molecule has 2 aromatic rings. The number of ether oxygens (including phenoxy) is 3. The fourth-order valence-electron chi connectivity index (χ4n) is 5.71. The van der Waals surface area contributed by atoms with E-state index in [0.29, 0.717) is 29.0 Å². The number of rotatable bonds is 8. The molecule has 0 saturated carbocycles. The summed E-state index contributed by atoms with van der Waals surface area (Å²) in [5.41, 5.74) is 4.57. The van der Waals surface area contributed by atoms with Crippen molar-refractivity contribution in [1.82, 2.24) is 0 Å². The van der Waals surface area contributed by atoms with Crippen LogP contribution in [0.2, 0.25) is 0 Å². The van der Waals surface area contributed by atoms with Gasteiger partial charge < -0.3 is 25.1 Å². The van der Waals surface area contributed by atoms with E-state index < -0.39 is 33.6 Å². The van der Waals surface area contributed by atoms with E-state index in [1.54, 1.807) is 57.2 Å². The number of carbonyl (C=O) groups is 2. The zero-order valence-corrected chi connectivity index (χ0v) is 20.8. The average Bonchev–Trinajstić information content (AvgIpc) is 3.16. The predicted molar refractivity (Wildman–Crippen MR) is 128 cm³/mol. The van der Waals surface area contributed by atoms with Gasteiger partial charge in [0.05, 0.1) is 7.11 Å². The Kier molecular flexibility index (Phi) is 7.42. The highest BCUT2D eigenvalue weighted by atomic mass is 19.1. The minimum atomic E-state index is -1.46. The van der Waals surface area contributed by atoms with Crippen molar-refractivity contribution in [3.8, 4) is 11.5 Å². The molecule has 3 unspecified atom stereocenters. The van der Waals surface area contributed by atoms with Crippen LogP contribution in [0.25, 0.3) is 0 Å². The largest absolute Gasteiger partial charge is 0.515 e. The molecular weight excluding hydrogens is 455 g/mol. The molecule has 0 aliphatic carbocycles. The highest BCUT2D eigenvalue weighted by Crippen LogP contribution is 2.56. The Morgan fingerprint density at radius 3 is 2.40 bits per heavy atom. The maximum atomic E-state index is 14.0. The van der Waals surface area contributed by atoms with Gasteiger partial charge in [0.2, 0.25) is 5.54 Å². The maximum absolute atomic E-state index is 14.0. The van der Waals surface area contributed by atoms with Gasteiger partial charge in [-0.2, -0.15) is 9.28 Å². The minimum absolute atomic E-state index is 0.00154. The molecule has 1 fully saturated rings. The number of likely N-dealkylation sites (tertiary alicyclic amines) is 1. The molecular formula is C26H34FN2O6+. The molecule has 190 valence electrons. The summed E-state index contributed by atoms with van der Waals surface area (Å²) in [7, 11) is 2.91. The van der Waals surface area contributed by atoms with Crippen LogP contribution in [0.3, 0.4) is 0 Å². The number of carbonyl (C=O) groups excluding carboxylic acids is 1. The van der Waals surface area contributed by atoms with Gasteiger partial charge in [0.15, 0.2) is 11.5 Å². The first kappa shape index (κ1) is 26.4. The lowest BCUT2D eigenvalue weighted by Crippen LogP contribution is -2.77. The van der Waals surface area contributed by atoms with E-state index in [2.05, 4.69) is 0 Å². The number of nitrogens with two attached hydrogens (primary N) is 1. The van der Waals surface area contributed by atoms with Crippen molar-refractivity contribution in [1.29, 1.82) is 0 Å². The van der Waals surface area contributed by atoms with Gasteiger partial charge in [-0.05, 0) is 45.0 Å². The van der Waals surface area contributed by atoms with Gasteiger partial charge in [0.1, 0.15) is 30.6 Å². The lowest BCUT2D eigenvalue weighted by molar-refractivity contribution is -0.956. The quantitative estimate of drug-likeness (QED) is 0.532. The third-order valence-corrected chi connectivity index (χ3v) is 7.09. The number of carboxylic acid groups (broad SMARTS) is 1. The third kappa shape index (κ3) is 4.23. The van der Waals surface area contributed by atoms with E-state index in [9.17, 15) is 19.1 Å². The van der Waals surface area contributed by atoms with Crippen LogP contribution in [-0.2, 0) is 16.1 Å². The molecule has 1 aliphatic heterocycles. The fraction of sp³-hybridized carbons (Fsp3) is 0.462. The standard InChI is InChI=1S/C26H33FN2O6/c1-25(2,3)29(24(31)32)20(12-13-26(29,16-33-4)23(28)30)17-10-11-21(22(14-17)34-5)35-15-18-8-6-7-9-19(18)27/h6-11,14,20H,12-13,15-16H2,1-5H3,(H2-,28,30,31,32)/p+1. The second-order valence-corrected chi connectivity index (χ2v) is 9.85. The van der Waals surface area contributed by atoms with Crippen molar-refractivity contribution in [2.45, 2.75) is 57.3 Å². The second-order valence-electron chi connectivity index (χ2n) is 9.85. The third-order valence-electron chi connectivity index (χ3n) is 7.09. The highest BCUT2D eigenvalue weighted by Gasteiger charge is 2.73. The molecule has 1 aliphatic rings. The monoisotopic (exact) mass is 489 g/mol. The van der Waals surface area contributed by atoms with Crippen molar-refractivity contribution in [3.63, 3.8) is 0 Å². The van der Waals surface area contributed by atoms with E-state index in [4.69, 9.17) is 19.9 Å². The summed E-state index contributed by atoms with van der Waals surface area (Å²) in [5, 5.41) is 10.7. The van der Waals surface area contributed by atoms with Gasteiger partial charge in [-0.25, -0.2) is 4.39 Å². The molecule has 1 heterocycles. The SMILES string of the molecule is COCC1(C(N)=O)CCC(c2ccc(OCc3ccccc3F)c(OC)c2)[N+]1(C(=O)O)C(C)(C)C. The summed E-state index contributed by atoms with van der Waals surface area (Å²) >= 11 is 0. The van der Waals surface area contributed by atoms with Crippen molar-refractivity contribution in [2.24, 2.45) is 5.73 Å².